The van der Waals surface area contributed by atoms with Crippen LogP contribution in [-0.4, -0.2) is 12.1 Å². The number of hydrogen-bond donors (Lipinski definition) is 1. The van der Waals surface area contributed by atoms with Gasteiger partial charge in [0, 0.05) is 23.3 Å². The number of hydrazone groups is 1. The average molecular weight is 297 g/mol. The molecule has 0 aliphatic rings. The largest absolute Gasteiger partial charge is 0.274 e. The molecule has 1 amide bonds. The molecule has 0 unspecified atom stereocenters. The Labute approximate surface area is 127 Å². The van der Waals surface area contributed by atoms with Gasteiger partial charge in [-0.1, -0.05) is 60.1 Å². The molecule has 0 aromatic heterocycles. The highest BCUT2D eigenvalue weighted by Crippen LogP contribution is 2.35. The molecule has 4 heteroatoms. The van der Waals surface area contributed by atoms with Crippen molar-refractivity contribution < 1.29 is 4.79 Å². The van der Waals surface area contributed by atoms with Crippen molar-refractivity contribution in [3.8, 4) is 0 Å². The van der Waals surface area contributed by atoms with Crippen LogP contribution in [0.1, 0.15) is 12.5 Å². The first-order chi connectivity index (χ1) is 10.2. The molecule has 0 atom stereocenters. The molecular formula is C17H13ClN2O. The second-order valence-electron chi connectivity index (χ2n) is 4.75. The molecular weight excluding hydrogens is 284 g/mol. The standard InChI is InChI=1S/C17H13ClN2O/c1-11(21)20-19-10-16-12-6-2-4-8-14(12)17(18)15-9-5-3-7-13(15)16/h2-10H,1H3,(H,20,21)/b19-10-. The van der Waals surface area contributed by atoms with Gasteiger partial charge in [-0.15, -0.1) is 0 Å². The zero-order valence-electron chi connectivity index (χ0n) is 11.4. The fraction of sp³-hybridized carbons (Fsp3) is 0.0588. The molecule has 0 spiro atoms. The third-order valence-corrected chi connectivity index (χ3v) is 3.73. The smallest absolute Gasteiger partial charge is 0.236 e. The van der Waals surface area contributed by atoms with Crippen LogP contribution in [-0.2, 0) is 4.79 Å². The number of halogens is 1. The van der Waals surface area contributed by atoms with Crippen molar-refractivity contribution in [3.05, 3.63) is 59.1 Å². The Kier molecular flexibility index (Phi) is 3.59. The van der Waals surface area contributed by atoms with E-state index in [9.17, 15) is 4.79 Å². The maximum absolute atomic E-state index is 11.0. The van der Waals surface area contributed by atoms with Crippen molar-refractivity contribution in [3.63, 3.8) is 0 Å². The Balaban J connectivity index is 2.34. The van der Waals surface area contributed by atoms with Crippen LogP contribution in [0.25, 0.3) is 21.5 Å². The average Bonchev–Trinajstić information content (AvgIpc) is 2.50. The molecule has 3 nitrogen and oxygen atoms in total. The zero-order chi connectivity index (χ0) is 14.8. The molecule has 21 heavy (non-hydrogen) atoms. The minimum Gasteiger partial charge on any atom is -0.274 e. The van der Waals surface area contributed by atoms with E-state index in [4.69, 9.17) is 11.6 Å². The van der Waals surface area contributed by atoms with Gasteiger partial charge in [-0.2, -0.15) is 5.10 Å². The highest BCUT2D eigenvalue weighted by Gasteiger charge is 2.10. The maximum atomic E-state index is 11.0. The van der Waals surface area contributed by atoms with Gasteiger partial charge in [-0.05, 0) is 10.8 Å². The molecule has 0 aliphatic carbocycles. The summed E-state index contributed by atoms with van der Waals surface area (Å²) in [7, 11) is 0. The van der Waals surface area contributed by atoms with Crippen molar-refractivity contribution in [1.82, 2.24) is 5.43 Å². The summed E-state index contributed by atoms with van der Waals surface area (Å²) in [4.78, 5) is 11.0. The van der Waals surface area contributed by atoms with E-state index in [0.29, 0.717) is 0 Å². The summed E-state index contributed by atoms with van der Waals surface area (Å²) in [5, 5.41) is 8.71. The first kappa shape index (κ1) is 13.6. The van der Waals surface area contributed by atoms with Crippen LogP contribution in [0, 0.1) is 0 Å². The van der Waals surface area contributed by atoms with Gasteiger partial charge < -0.3 is 0 Å². The SMILES string of the molecule is CC(=O)N/N=C\c1c2ccccc2c(Cl)c2ccccc12. The van der Waals surface area contributed by atoms with E-state index in [1.54, 1.807) is 6.21 Å². The molecule has 104 valence electrons. The number of fused-ring (bicyclic) bond motifs is 2. The molecule has 3 aromatic carbocycles. The van der Waals surface area contributed by atoms with Gasteiger partial charge in [0.2, 0.25) is 5.91 Å². The fourth-order valence-corrected chi connectivity index (χ4v) is 2.77. The normalized spacial score (nSPS) is 11.3. The van der Waals surface area contributed by atoms with Gasteiger partial charge in [-0.3, -0.25) is 4.79 Å². The van der Waals surface area contributed by atoms with Crippen molar-refractivity contribution in [1.29, 1.82) is 0 Å². The molecule has 3 aromatic rings. The summed E-state index contributed by atoms with van der Waals surface area (Å²) in [6, 6.07) is 15.8. The number of nitrogens with zero attached hydrogens (tertiary/aromatic N) is 1. The Bertz CT molecular complexity index is 814. The summed E-state index contributed by atoms with van der Waals surface area (Å²) >= 11 is 6.52. The van der Waals surface area contributed by atoms with Crippen molar-refractivity contribution in [2.45, 2.75) is 6.92 Å². The highest BCUT2D eigenvalue weighted by atomic mass is 35.5. The van der Waals surface area contributed by atoms with Crippen molar-refractivity contribution in [2.24, 2.45) is 5.10 Å². The Morgan fingerprint density at radius 1 is 1.00 bits per heavy atom. The number of rotatable bonds is 2. The van der Waals surface area contributed by atoms with Gasteiger partial charge in [0.25, 0.3) is 0 Å². The van der Waals surface area contributed by atoms with Gasteiger partial charge in [0.15, 0.2) is 0 Å². The van der Waals surface area contributed by atoms with Crippen molar-refractivity contribution in [2.75, 3.05) is 0 Å². The zero-order valence-corrected chi connectivity index (χ0v) is 12.2. The van der Waals surface area contributed by atoms with Crippen LogP contribution in [0.15, 0.2) is 53.6 Å². The molecule has 1 N–H and O–H groups in total. The molecule has 0 heterocycles. The molecule has 0 bridgehead atoms. The number of hydrogen-bond acceptors (Lipinski definition) is 2. The van der Waals surface area contributed by atoms with Crippen LogP contribution in [0.2, 0.25) is 5.02 Å². The van der Waals surface area contributed by atoms with Gasteiger partial charge in [0.05, 0.1) is 11.2 Å². The molecule has 3 rings (SSSR count). The third kappa shape index (κ3) is 2.48. The number of benzene rings is 3. The van der Waals surface area contributed by atoms with Crippen LogP contribution in [0.4, 0.5) is 0 Å². The van der Waals surface area contributed by atoms with E-state index in [2.05, 4.69) is 10.5 Å². The van der Waals surface area contributed by atoms with Gasteiger partial charge in [-0.25, -0.2) is 5.43 Å². The second-order valence-corrected chi connectivity index (χ2v) is 5.12. The molecule has 0 radical (unpaired) electrons. The number of nitrogens with one attached hydrogen (secondary N) is 1. The first-order valence-electron chi connectivity index (χ1n) is 6.57. The quantitative estimate of drug-likeness (QED) is 0.431. The molecule has 0 aliphatic heterocycles. The third-order valence-electron chi connectivity index (χ3n) is 3.32. The van der Waals surface area contributed by atoms with E-state index in [0.717, 1.165) is 32.1 Å². The predicted molar refractivity (Wildman–Crippen MR) is 87.9 cm³/mol. The highest BCUT2D eigenvalue weighted by molar-refractivity contribution is 6.42. The summed E-state index contributed by atoms with van der Waals surface area (Å²) < 4.78 is 0. The topological polar surface area (TPSA) is 41.5 Å². The summed E-state index contributed by atoms with van der Waals surface area (Å²) in [6.07, 6.45) is 1.67. The summed E-state index contributed by atoms with van der Waals surface area (Å²) in [6.45, 7) is 1.43. The number of amides is 1. The second kappa shape index (κ2) is 5.54. The minimum absolute atomic E-state index is 0.200. The Morgan fingerprint density at radius 2 is 1.48 bits per heavy atom. The first-order valence-corrected chi connectivity index (χ1v) is 6.95. The molecule has 0 saturated carbocycles. The maximum Gasteiger partial charge on any atom is 0.236 e. The lowest BCUT2D eigenvalue weighted by Crippen LogP contribution is -2.12. The monoisotopic (exact) mass is 296 g/mol. The lowest BCUT2D eigenvalue weighted by atomic mass is 9.97. The molecule has 0 saturated heterocycles. The predicted octanol–water partition coefficient (Wildman–Crippen LogP) is 4.12. The fourth-order valence-electron chi connectivity index (χ4n) is 2.44. The van der Waals surface area contributed by atoms with Gasteiger partial charge in [0.1, 0.15) is 0 Å². The summed E-state index contributed by atoms with van der Waals surface area (Å²) in [5.41, 5.74) is 3.38. The lowest BCUT2D eigenvalue weighted by molar-refractivity contribution is -0.118. The van der Waals surface area contributed by atoms with Crippen LogP contribution < -0.4 is 5.43 Å². The van der Waals surface area contributed by atoms with Crippen LogP contribution in [0.5, 0.6) is 0 Å². The minimum atomic E-state index is -0.200. The Morgan fingerprint density at radius 3 is 1.95 bits per heavy atom. The van der Waals surface area contributed by atoms with Gasteiger partial charge >= 0.3 is 0 Å². The summed E-state index contributed by atoms with van der Waals surface area (Å²) in [5.74, 6) is -0.200. The Hall–Kier alpha value is -2.39. The van der Waals surface area contributed by atoms with E-state index >= 15 is 0 Å². The van der Waals surface area contributed by atoms with E-state index in [-0.39, 0.29) is 5.91 Å². The lowest BCUT2D eigenvalue weighted by Gasteiger charge is -2.10. The van der Waals surface area contributed by atoms with Crippen molar-refractivity contribution >= 4 is 45.3 Å². The molecule has 0 fully saturated rings. The van der Waals surface area contributed by atoms with Crippen LogP contribution >= 0.6 is 11.6 Å². The number of carbonyl (C=O) groups is 1. The number of carbonyl (C=O) groups excluding carboxylic acids is 1. The van der Waals surface area contributed by atoms with E-state index in [1.165, 1.54) is 6.92 Å². The van der Waals surface area contributed by atoms with Crippen LogP contribution in [0.3, 0.4) is 0 Å². The van der Waals surface area contributed by atoms with E-state index in [1.807, 2.05) is 48.5 Å². The van der Waals surface area contributed by atoms with E-state index < -0.39 is 0 Å².